The van der Waals surface area contributed by atoms with Crippen LogP contribution in [0.3, 0.4) is 0 Å². The summed E-state index contributed by atoms with van der Waals surface area (Å²) in [5.74, 6) is 1.46. The average Bonchev–Trinajstić information content (AvgIpc) is 3.27. The number of rotatable bonds is 8. The molecule has 2 aromatic rings. The van der Waals surface area contributed by atoms with Crippen LogP contribution in [-0.2, 0) is 9.59 Å². The summed E-state index contributed by atoms with van der Waals surface area (Å²) in [6.07, 6.45) is 8.25. The van der Waals surface area contributed by atoms with Crippen molar-refractivity contribution < 1.29 is 9.59 Å². The number of thioether (sulfide) groups is 2. The van der Waals surface area contributed by atoms with Crippen molar-refractivity contribution in [2.24, 2.45) is 0 Å². The topological polar surface area (TPSA) is 54.7 Å². The number of allylic oxidation sites excluding steroid dienone is 1. The van der Waals surface area contributed by atoms with Gasteiger partial charge in [-0.3, -0.25) is 18.9 Å². The number of fused-ring (bicyclic) bond motifs is 1. The Balaban J connectivity index is 1.47. The first-order valence-corrected chi connectivity index (χ1v) is 10.3. The SMILES string of the molecule is CC=C1SCN(CCCCSc2cccc3nccn23)C1C(=O)C=O. The Labute approximate surface area is 155 Å². The van der Waals surface area contributed by atoms with E-state index < -0.39 is 0 Å². The van der Waals surface area contributed by atoms with Crippen LogP contribution in [0.1, 0.15) is 19.8 Å². The number of imidazole rings is 1. The number of aromatic nitrogens is 2. The van der Waals surface area contributed by atoms with E-state index in [1.54, 1.807) is 11.8 Å². The van der Waals surface area contributed by atoms with Crippen molar-refractivity contribution in [2.75, 3.05) is 18.2 Å². The van der Waals surface area contributed by atoms with Crippen LogP contribution < -0.4 is 0 Å². The zero-order valence-corrected chi connectivity index (χ0v) is 15.8. The molecule has 1 unspecified atom stereocenters. The fraction of sp³-hybridized carbons (Fsp3) is 0.389. The number of carbonyl (C=O) groups excluding carboxylic acids is 2. The van der Waals surface area contributed by atoms with Gasteiger partial charge in [-0.05, 0) is 37.7 Å². The Morgan fingerprint density at radius 1 is 1.44 bits per heavy atom. The van der Waals surface area contributed by atoms with Crippen molar-refractivity contribution in [2.45, 2.75) is 30.8 Å². The summed E-state index contributed by atoms with van der Waals surface area (Å²) in [5.41, 5.74) is 0.966. The number of aldehydes is 1. The van der Waals surface area contributed by atoms with E-state index in [0.717, 1.165) is 41.6 Å². The highest BCUT2D eigenvalue weighted by Gasteiger charge is 2.34. The van der Waals surface area contributed by atoms with E-state index in [1.807, 2.05) is 49.3 Å². The number of hydrogen-bond acceptors (Lipinski definition) is 6. The molecule has 25 heavy (non-hydrogen) atoms. The van der Waals surface area contributed by atoms with Crippen LogP contribution in [0.4, 0.5) is 0 Å². The Kier molecular flexibility index (Phi) is 6.34. The predicted octanol–water partition coefficient (Wildman–Crippen LogP) is 3.25. The molecule has 0 spiro atoms. The molecule has 1 aliphatic heterocycles. The molecule has 0 bridgehead atoms. The molecule has 1 saturated heterocycles. The predicted molar refractivity (Wildman–Crippen MR) is 103 cm³/mol. The molecule has 0 N–H and O–H groups in total. The summed E-state index contributed by atoms with van der Waals surface area (Å²) >= 11 is 3.48. The van der Waals surface area contributed by atoms with Gasteiger partial charge in [0.1, 0.15) is 11.7 Å². The summed E-state index contributed by atoms with van der Waals surface area (Å²) in [6.45, 7) is 2.76. The van der Waals surface area contributed by atoms with E-state index in [2.05, 4.69) is 20.4 Å². The molecule has 3 heterocycles. The zero-order chi connectivity index (χ0) is 17.6. The Morgan fingerprint density at radius 2 is 2.32 bits per heavy atom. The van der Waals surface area contributed by atoms with E-state index in [0.29, 0.717) is 6.29 Å². The fourth-order valence-corrected chi connectivity index (χ4v) is 5.15. The summed E-state index contributed by atoms with van der Waals surface area (Å²) in [6, 6.07) is 5.77. The number of ketones is 1. The largest absolute Gasteiger partial charge is 0.295 e. The number of unbranched alkanes of at least 4 members (excludes halogenated alkanes) is 1. The maximum Gasteiger partial charge on any atom is 0.217 e. The van der Waals surface area contributed by atoms with Crippen LogP contribution in [0.25, 0.3) is 5.65 Å². The van der Waals surface area contributed by atoms with Gasteiger partial charge in [-0.15, -0.1) is 23.5 Å². The molecular formula is C18H21N3O2S2. The Bertz CT molecular complexity index is 787. The summed E-state index contributed by atoms with van der Waals surface area (Å²) in [5, 5.41) is 1.19. The minimum Gasteiger partial charge on any atom is -0.295 e. The van der Waals surface area contributed by atoms with E-state index in [9.17, 15) is 9.59 Å². The van der Waals surface area contributed by atoms with Crippen molar-refractivity contribution in [1.29, 1.82) is 0 Å². The van der Waals surface area contributed by atoms with Gasteiger partial charge in [0.15, 0.2) is 6.29 Å². The van der Waals surface area contributed by atoms with Gasteiger partial charge < -0.3 is 0 Å². The molecule has 0 radical (unpaired) electrons. The maximum absolute atomic E-state index is 11.9. The van der Waals surface area contributed by atoms with Crippen LogP contribution >= 0.6 is 23.5 Å². The lowest BCUT2D eigenvalue weighted by atomic mass is 10.1. The van der Waals surface area contributed by atoms with Crippen molar-refractivity contribution in [3.63, 3.8) is 0 Å². The van der Waals surface area contributed by atoms with Crippen LogP contribution in [0, 0.1) is 0 Å². The van der Waals surface area contributed by atoms with Crippen LogP contribution in [0.2, 0.25) is 0 Å². The molecule has 0 amide bonds. The summed E-state index contributed by atoms with van der Waals surface area (Å²) < 4.78 is 2.10. The minimum absolute atomic E-state index is 0.334. The standard InChI is InChI=1S/C18H21N3O2S2/c1-2-15-18(14(23)12-22)20(13-25-15)9-3-4-11-24-17-7-5-6-16-19-8-10-21(16)17/h2,5-8,10,12,18H,3-4,9,11,13H2,1H3. The third-order valence-electron chi connectivity index (χ3n) is 4.18. The second-order valence-electron chi connectivity index (χ2n) is 5.77. The molecule has 1 aliphatic rings. The Morgan fingerprint density at radius 3 is 3.12 bits per heavy atom. The molecule has 1 fully saturated rings. The summed E-state index contributed by atoms with van der Waals surface area (Å²) in [4.78, 5) is 30.2. The molecular weight excluding hydrogens is 354 g/mol. The molecule has 0 saturated carbocycles. The highest BCUT2D eigenvalue weighted by atomic mass is 32.2. The summed E-state index contributed by atoms with van der Waals surface area (Å²) in [7, 11) is 0. The maximum atomic E-state index is 11.9. The first-order chi connectivity index (χ1) is 12.2. The van der Waals surface area contributed by atoms with Gasteiger partial charge >= 0.3 is 0 Å². The molecule has 2 aromatic heterocycles. The van der Waals surface area contributed by atoms with E-state index in [-0.39, 0.29) is 11.8 Å². The van der Waals surface area contributed by atoms with Gasteiger partial charge in [-0.2, -0.15) is 0 Å². The second kappa shape index (κ2) is 8.69. The fourth-order valence-electron chi connectivity index (χ4n) is 2.94. The highest BCUT2D eigenvalue weighted by molar-refractivity contribution is 8.03. The van der Waals surface area contributed by atoms with Gasteiger partial charge in [0, 0.05) is 29.7 Å². The molecule has 0 aliphatic carbocycles. The van der Waals surface area contributed by atoms with Gasteiger partial charge in [-0.1, -0.05) is 12.1 Å². The van der Waals surface area contributed by atoms with E-state index in [4.69, 9.17) is 0 Å². The van der Waals surface area contributed by atoms with Crippen LogP contribution in [-0.4, -0.2) is 50.6 Å². The first-order valence-electron chi connectivity index (χ1n) is 8.31. The molecule has 7 heteroatoms. The van der Waals surface area contributed by atoms with E-state index >= 15 is 0 Å². The average molecular weight is 376 g/mol. The van der Waals surface area contributed by atoms with Crippen molar-refractivity contribution in [3.05, 3.63) is 41.6 Å². The third-order valence-corrected chi connectivity index (χ3v) is 6.56. The first kappa shape index (κ1) is 18.2. The van der Waals surface area contributed by atoms with Crippen molar-refractivity contribution in [3.8, 4) is 0 Å². The lowest BCUT2D eigenvalue weighted by molar-refractivity contribution is -0.132. The van der Waals surface area contributed by atoms with Gasteiger partial charge in [-0.25, -0.2) is 4.98 Å². The molecule has 0 aromatic carbocycles. The second-order valence-corrected chi connectivity index (χ2v) is 7.91. The van der Waals surface area contributed by atoms with Gasteiger partial charge in [0.05, 0.1) is 5.03 Å². The molecule has 3 rings (SSSR count). The quantitative estimate of drug-likeness (QED) is 0.306. The Hall–Kier alpha value is -1.57. The van der Waals surface area contributed by atoms with Crippen LogP contribution in [0.5, 0.6) is 0 Å². The van der Waals surface area contributed by atoms with E-state index in [1.165, 1.54) is 5.03 Å². The van der Waals surface area contributed by atoms with Crippen molar-refractivity contribution in [1.82, 2.24) is 14.3 Å². The van der Waals surface area contributed by atoms with Gasteiger partial charge in [0.25, 0.3) is 0 Å². The van der Waals surface area contributed by atoms with Crippen LogP contribution in [0.15, 0.2) is 46.6 Å². The number of nitrogens with zero attached hydrogens (tertiary/aromatic N) is 3. The number of Topliss-reactive ketones (excluding diaryl/α,β-unsaturated/α-hetero) is 1. The molecule has 5 nitrogen and oxygen atoms in total. The number of hydrogen-bond donors (Lipinski definition) is 0. The highest BCUT2D eigenvalue weighted by Crippen LogP contribution is 2.33. The minimum atomic E-state index is -0.361. The van der Waals surface area contributed by atoms with Crippen molar-refractivity contribution >= 4 is 41.2 Å². The van der Waals surface area contributed by atoms with Gasteiger partial charge in [0.2, 0.25) is 5.78 Å². The third kappa shape index (κ3) is 4.16. The lowest BCUT2D eigenvalue weighted by Crippen LogP contribution is -2.38. The monoisotopic (exact) mass is 375 g/mol. The number of pyridine rings is 1. The molecule has 132 valence electrons. The zero-order valence-electron chi connectivity index (χ0n) is 14.1. The molecule has 1 atom stereocenters. The number of carbonyl (C=O) groups is 2. The normalized spacial score (nSPS) is 19.7. The smallest absolute Gasteiger partial charge is 0.217 e. The lowest BCUT2D eigenvalue weighted by Gasteiger charge is -2.21.